The van der Waals surface area contributed by atoms with Crippen LogP contribution in [0.5, 0.6) is 0 Å². The topological polar surface area (TPSA) is 97.8 Å². The molecular weight excluding hydrogens is 414 g/mol. The van der Waals surface area contributed by atoms with Crippen molar-refractivity contribution in [1.29, 1.82) is 0 Å². The largest absolute Gasteiger partial charge is 0.345 e. The first kappa shape index (κ1) is 18.9. The van der Waals surface area contributed by atoms with Gasteiger partial charge in [0.25, 0.3) is 5.56 Å². The number of halogens is 1. The summed E-state index contributed by atoms with van der Waals surface area (Å²) in [7, 11) is 3.66. The number of aromatic amines is 1. The highest BCUT2D eigenvalue weighted by atomic mass is 35.5. The minimum atomic E-state index is -0.0860. The van der Waals surface area contributed by atoms with Crippen molar-refractivity contribution in [2.45, 2.75) is 43.8 Å². The minimum Gasteiger partial charge on any atom is -0.345 e. The summed E-state index contributed by atoms with van der Waals surface area (Å²) in [5, 5.41) is 6.40. The van der Waals surface area contributed by atoms with Crippen molar-refractivity contribution in [3.05, 3.63) is 39.9 Å². The first-order chi connectivity index (χ1) is 14.9. The molecule has 4 aromatic rings. The van der Waals surface area contributed by atoms with Gasteiger partial charge in [0.2, 0.25) is 5.95 Å². The number of aryl methyl sites for hydroxylation is 1. The van der Waals surface area contributed by atoms with E-state index in [2.05, 4.69) is 15.0 Å². The van der Waals surface area contributed by atoms with Gasteiger partial charge in [-0.25, -0.2) is 0 Å². The van der Waals surface area contributed by atoms with Gasteiger partial charge in [0.05, 0.1) is 15.9 Å². The van der Waals surface area contributed by atoms with E-state index >= 15 is 0 Å². The maximum Gasteiger partial charge on any atom is 0.264 e. The van der Waals surface area contributed by atoms with Crippen LogP contribution in [-0.2, 0) is 14.1 Å². The Kier molecular flexibility index (Phi) is 4.01. The summed E-state index contributed by atoms with van der Waals surface area (Å²) in [6.07, 6.45) is 7.94. The molecule has 2 aliphatic rings. The van der Waals surface area contributed by atoms with Crippen LogP contribution in [0.15, 0.2) is 29.3 Å². The smallest absolute Gasteiger partial charge is 0.264 e. The SMILES string of the molecule is Cn1cc2c(Cl)c(-c3c[nH]c4nc(N5[C@@H]6CC[C@@H](N)[C@H]5CC6)n(C)c(=O)c34)ccc2n1. The first-order valence-electron chi connectivity index (χ1n) is 10.7. The van der Waals surface area contributed by atoms with Crippen LogP contribution in [0, 0.1) is 0 Å². The van der Waals surface area contributed by atoms with Gasteiger partial charge in [0, 0.05) is 61.1 Å². The molecule has 9 heteroatoms. The fraction of sp³-hybridized carbons (Fsp3) is 0.409. The fourth-order valence-electron chi connectivity index (χ4n) is 5.49. The number of nitrogens with one attached hydrogen (secondary N) is 1. The Morgan fingerprint density at radius 1 is 1.16 bits per heavy atom. The molecule has 31 heavy (non-hydrogen) atoms. The number of H-pyrrole nitrogens is 1. The highest BCUT2D eigenvalue weighted by Crippen LogP contribution is 2.39. The third kappa shape index (κ3) is 2.61. The molecule has 3 atom stereocenters. The standard InChI is InChI=1S/C22H24ClN7O/c1-28-10-14-16(27-28)7-5-12(19(14)23)13-9-25-20-18(13)21(31)29(2)22(26-20)30-11-3-6-15(24)17(30)8-4-11/h5,7,9-11,15,17,25H,3-4,6,8,24H2,1-2H3/t11-,15-,17-/m1/s1. The number of hydrogen-bond donors (Lipinski definition) is 2. The van der Waals surface area contributed by atoms with E-state index in [0.717, 1.165) is 47.7 Å². The fourth-order valence-corrected chi connectivity index (χ4v) is 5.80. The maximum absolute atomic E-state index is 13.5. The quantitative estimate of drug-likeness (QED) is 0.502. The number of fused-ring (bicyclic) bond motifs is 4. The molecule has 3 aromatic heterocycles. The van der Waals surface area contributed by atoms with Gasteiger partial charge in [-0.15, -0.1) is 0 Å². The van der Waals surface area contributed by atoms with E-state index < -0.39 is 0 Å². The van der Waals surface area contributed by atoms with Crippen LogP contribution < -0.4 is 16.2 Å². The van der Waals surface area contributed by atoms with E-state index in [0.29, 0.717) is 28.0 Å². The summed E-state index contributed by atoms with van der Waals surface area (Å²) < 4.78 is 3.40. The van der Waals surface area contributed by atoms with Crippen molar-refractivity contribution in [3.63, 3.8) is 0 Å². The summed E-state index contributed by atoms with van der Waals surface area (Å²) in [5.74, 6) is 0.697. The second-order valence-corrected chi connectivity index (χ2v) is 9.19. The van der Waals surface area contributed by atoms with Crippen molar-refractivity contribution in [2.24, 2.45) is 19.8 Å². The summed E-state index contributed by atoms with van der Waals surface area (Å²) in [5.41, 5.74) is 9.26. The predicted octanol–water partition coefficient (Wildman–Crippen LogP) is 2.93. The lowest BCUT2D eigenvalue weighted by Gasteiger charge is -2.39. The summed E-state index contributed by atoms with van der Waals surface area (Å²) in [6, 6.07) is 4.60. The lowest BCUT2D eigenvalue weighted by atomic mass is 9.98. The Balaban J connectivity index is 1.53. The molecule has 160 valence electrons. The Labute approximate surface area is 183 Å². The molecule has 0 spiro atoms. The van der Waals surface area contributed by atoms with Crippen molar-refractivity contribution in [1.82, 2.24) is 24.3 Å². The second kappa shape index (κ2) is 6.58. The monoisotopic (exact) mass is 437 g/mol. The molecule has 2 aliphatic heterocycles. The summed E-state index contributed by atoms with van der Waals surface area (Å²) >= 11 is 6.74. The normalized spacial score (nSPS) is 23.4. The number of hydrogen-bond acceptors (Lipinski definition) is 5. The van der Waals surface area contributed by atoms with Gasteiger partial charge in [-0.2, -0.15) is 10.1 Å². The molecule has 5 heterocycles. The molecule has 3 N–H and O–H groups in total. The molecule has 2 fully saturated rings. The third-order valence-corrected chi connectivity index (χ3v) is 7.43. The molecule has 0 radical (unpaired) electrons. The van der Waals surface area contributed by atoms with Crippen LogP contribution in [0.4, 0.5) is 5.95 Å². The highest BCUT2D eigenvalue weighted by Gasteiger charge is 2.42. The first-order valence-corrected chi connectivity index (χ1v) is 11.1. The molecule has 1 aromatic carbocycles. The number of anilines is 1. The lowest BCUT2D eigenvalue weighted by Crippen LogP contribution is -2.53. The predicted molar refractivity (Wildman–Crippen MR) is 123 cm³/mol. The molecule has 0 amide bonds. The van der Waals surface area contributed by atoms with Gasteiger partial charge >= 0.3 is 0 Å². The van der Waals surface area contributed by atoms with Crippen LogP contribution in [0.3, 0.4) is 0 Å². The zero-order chi connectivity index (χ0) is 21.4. The van der Waals surface area contributed by atoms with Crippen LogP contribution in [-0.4, -0.2) is 42.4 Å². The lowest BCUT2D eigenvalue weighted by molar-refractivity contribution is 0.402. The van der Waals surface area contributed by atoms with Crippen LogP contribution in [0.1, 0.15) is 25.7 Å². The average molecular weight is 438 g/mol. The molecule has 6 rings (SSSR count). The van der Waals surface area contributed by atoms with Gasteiger partial charge in [-0.3, -0.25) is 14.0 Å². The van der Waals surface area contributed by atoms with E-state index in [-0.39, 0.29) is 17.6 Å². The van der Waals surface area contributed by atoms with E-state index in [4.69, 9.17) is 22.3 Å². The van der Waals surface area contributed by atoms with Crippen molar-refractivity contribution >= 4 is 39.5 Å². The van der Waals surface area contributed by atoms with Crippen LogP contribution in [0.2, 0.25) is 5.02 Å². The van der Waals surface area contributed by atoms with Gasteiger partial charge < -0.3 is 15.6 Å². The van der Waals surface area contributed by atoms with E-state index in [1.165, 1.54) is 0 Å². The Hall–Kier alpha value is -2.84. The minimum absolute atomic E-state index is 0.0860. The number of benzene rings is 1. The van der Waals surface area contributed by atoms with Gasteiger partial charge in [0.1, 0.15) is 5.65 Å². The van der Waals surface area contributed by atoms with Crippen LogP contribution in [0.25, 0.3) is 33.1 Å². The van der Waals surface area contributed by atoms with E-state index in [1.54, 1.807) is 16.3 Å². The molecule has 2 bridgehead atoms. The van der Waals surface area contributed by atoms with Crippen molar-refractivity contribution in [2.75, 3.05) is 4.90 Å². The van der Waals surface area contributed by atoms with Crippen LogP contribution >= 0.6 is 11.6 Å². The Morgan fingerprint density at radius 2 is 1.97 bits per heavy atom. The van der Waals surface area contributed by atoms with Crippen molar-refractivity contribution < 1.29 is 0 Å². The Bertz CT molecular complexity index is 1400. The number of aromatic nitrogens is 5. The molecule has 0 aliphatic carbocycles. The zero-order valence-electron chi connectivity index (χ0n) is 17.5. The maximum atomic E-state index is 13.5. The number of nitrogens with two attached hydrogens (primary N) is 1. The van der Waals surface area contributed by atoms with Gasteiger partial charge in [0.15, 0.2) is 0 Å². The summed E-state index contributed by atoms with van der Waals surface area (Å²) in [6.45, 7) is 0. The molecule has 0 saturated carbocycles. The molecule has 2 saturated heterocycles. The second-order valence-electron chi connectivity index (χ2n) is 8.81. The van der Waals surface area contributed by atoms with Gasteiger partial charge in [-0.1, -0.05) is 17.7 Å². The summed E-state index contributed by atoms with van der Waals surface area (Å²) in [4.78, 5) is 23.9. The molecule has 0 unspecified atom stereocenters. The van der Waals surface area contributed by atoms with E-state index in [9.17, 15) is 4.79 Å². The number of rotatable bonds is 2. The highest BCUT2D eigenvalue weighted by molar-refractivity contribution is 6.38. The van der Waals surface area contributed by atoms with Crippen molar-refractivity contribution in [3.8, 4) is 11.1 Å². The number of piperidine rings is 1. The average Bonchev–Trinajstić information content (AvgIpc) is 3.42. The number of nitrogens with zero attached hydrogens (tertiary/aromatic N) is 5. The molecular formula is C22H24ClN7O. The van der Waals surface area contributed by atoms with Gasteiger partial charge in [-0.05, 0) is 31.7 Å². The van der Waals surface area contributed by atoms with E-state index in [1.807, 2.05) is 31.6 Å². The Morgan fingerprint density at radius 3 is 2.81 bits per heavy atom. The molecule has 8 nitrogen and oxygen atoms in total. The third-order valence-electron chi connectivity index (χ3n) is 7.02. The zero-order valence-corrected chi connectivity index (χ0v) is 18.2.